The second-order valence-electron chi connectivity index (χ2n) is 7.19. The molecule has 3 aromatic rings. The van der Waals surface area contributed by atoms with Gasteiger partial charge in [-0.15, -0.1) is 0 Å². The van der Waals surface area contributed by atoms with Crippen molar-refractivity contribution >= 4 is 17.5 Å². The molecule has 2 heterocycles. The Labute approximate surface area is 170 Å². The van der Waals surface area contributed by atoms with Crippen LogP contribution >= 0.6 is 0 Å². The lowest BCUT2D eigenvalue weighted by Gasteiger charge is -2.31. The molecule has 1 aromatic heterocycles. The molecule has 1 amide bonds. The third kappa shape index (κ3) is 4.37. The summed E-state index contributed by atoms with van der Waals surface area (Å²) in [5.41, 5.74) is 10.3. The molecule has 0 saturated heterocycles. The predicted molar refractivity (Wildman–Crippen MR) is 116 cm³/mol. The highest BCUT2D eigenvalue weighted by molar-refractivity contribution is 5.99. The quantitative estimate of drug-likeness (QED) is 0.634. The van der Waals surface area contributed by atoms with Crippen LogP contribution in [0.4, 0.5) is 11.6 Å². The molecule has 0 unspecified atom stereocenters. The molecule has 1 aliphatic rings. The summed E-state index contributed by atoms with van der Waals surface area (Å²) in [6.07, 6.45) is 4.69. The summed E-state index contributed by atoms with van der Waals surface area (Å²) in [7, 11) is 0. The number of benzene rings is 2. The molecule has 1 aliphatic heterocycles. The highest BCUT2D eigenvalue weighted by Gasteiger charge is 2.17. The SMILES string of the molecule is Nc1ncc(C(=O)NCCCN2CCCc3ccccc32)c(-c2ccccc2)n1. The number of nitrogens with two attached hydrogens (primary N) is 1. The zero-order valence-electron chi connectivity index (χ0n) is 16.3. The number of aromatic nitrogens is 2. The number of carbonyl (C=O) groups excluding carboxylic acids is 1. The van der Waals surface area contributed by atoms with Gasteiger partial charge in [0.05, 0.1) is 11.3 Å². The molecule has 0 saturated carbocycles. The highest BCUT2D eigenvalue weighted by Crippen LogP contribution is 2.26. The molecule has 6 nitrogen and oxygen atoms in total. The molecule has 0 bridgehead atoms. The largest absolute Gasteiger partial charge is 0.371 e. The van der Waals surface area contributed by atoms with Crippen LogP contribution in [0.2, 0.25) is 0 Å². The number of nitrogens with zero attached hydrogens (tertiary/aromatic N) is 3. The monoisotopic (exact) mass is 387 g/mol. The molecule has 2 aromatic carbocycles. The van der Waals surface area contributed by atoms with E-state index in [1.165, 1.54) is 23.9 Å². The number of hydrogen-bond donors (Lipinski definition) is 2. The Balaban J connectivity index is 1.38. The summed E-state index contributed by atoms with van der Waals surface area (Å²) in [4.78, 5) is 23.5. The maximum Gasteiger partial charge on any atom is 0.255 e. The van der Waals surface area contributed by atoms with E-state index < -0.39 is 0 Å². The van der Waals surface area contributed by atoms with Gasteiger partial charge in [0.2, 0.25) is 5.95 Å². The normalized spacial score (nSPS) is 13.0. The number of para-hydroxylation sites is 1. The molecule has 148 valence electrons. The second-order valence-corrected chi connectivity index (χ2v) is 7.19. The van der Waals surface area contributed by atoms with E-state index in [1.807, 2.05) is 30.3 Å². The zero-order valence-corrected chi connectivity index (χ0v) is 16.3. The number of fused-ring (bicyclic) bond motifs is 1. The minimum absolute atomic E-state index is 0.157. The van der Waals surface area contributed by atoms with Crippen LogP contribution in [0.25, 0.3) is 11.3 Å². The fraction of sp³-hybridized carbons (Fsp3) is 0.261. The van der Waals surface area contributed by atoms with Crippen LogP contribution in [0.15, 0.2) is 60.8 Å². The van der Waals surface area contributed by atoms with Gasteiger partial charge in [-0.2, -0.15) is 0 Å². The average Bonchev–Trinajstić information content (AvgIpc) is 2.77. The fourth-order valence-corrected chi connectivity index (χ4v) is 3.79. The number of nitrogen functional groups attached to an aromatic ring is 1. The minimum atomic E-state index is -0.178. The molecule has 3 N–H and O–H groups in total. The lowest BCUT2D eigenvalue weighted by atomic mass is 10.0. The fourth-order valence-electron chi connectivity index (χ4n) is 3.79. The lowest BCUT2D eigenvalue weighted by molar-refractivity contribution is 0.0953. The molecule has 0 aliphatic carbocycles. The van der Waals surface area contributed by atoms with E-state index >= 15 is 0 Å². The van der Waals surface area contributed by atoms with E-state index in [0.717, 1.165) is 31.5 Å². The molecule has 4 rings (SSSR count). The topological polar surface area (TPSA) is 84.1 Å². The first-order chi connectivity index (χ1) is 14.2. The third-order valence-electron chi connectivity index (χ3n) is 5.20. The van der Waals surface area contributed by atoms with Crippen LogP contribution in [0.1, 0.15) is 28.8 Å². The van der Waals surface area contributed by atoms with Crippen molar-refractivity contribution in [2.24, 2.45) is 0 Å². The van der Waals surface area contributed by atoms with Crippen LogP contribution in [0.3, 0.4) is 0 Å². The third-order valence-corrected chi connectivity index (χ3v) is 5.20. The lowest BCUT2D eigenvalue weighted by Crippen LogP contribution is -2.33. The first-order valence-corrected chi connectivity index (χ1v) is 10.0. The van der Waals surface area contributed by atoms with Crippen LogP contribution in [-0.4, -0.2) is 35.5 Å². The molecule has 6 heteroatoms. The summed E-state index contributed by atoms with van der Waals surface area (Å²) in [6, 6.07) is 18.1. The standard InChI is InChI=1S/C23H25N5O/c24-23-26-16-19(21(27-23)18-9-2-1-3-10-18)22(29)25-13-7-15-28-14-6-11-17-8-4-5-12-20(17)28/h1-5,8-10,12,16H,6-7,11,13-15H2,(H,25,29)(H2,24,26,27). The molecule has 29 heavy (non-hydrogen) atoms. The van der Waals surface area contributed by atoms with Gasteiger partial charge in [0.1, 0.15) is 0 Å². The molecule has 0 fully saturated rings. The smallest absolute Gasteiger partial charge is 0.255 e. The van der Waals surface area contributed by atoms with Gasteiger partial charge in [0.15, 0.2) is 0 Å². The highest BCUT2D eigenvalue weighted by atomic mass is 16.1. The average molecular weight is 387 g/mol. The van der Waals surface area contributed by atoms with Crippen molar-refractivity contribution in [3.8, 4) is 11.3 Å². The van der Waals surface area contributed by atoms with Crippen LogP contribution < -0.4 is 16.0 Å². The van der Waals surface area contributed by atoms with Gasteiger partial charge in [0, 0.05) is 37.1 Å². The van der Waals surface area contributed by atoms with Crippen molar-refractivity contribution in [1.29, 1.82) is 0 Å². The van der Waals surface area contributed by atoms with E-state index in [0.29, 0.717) is 17.8 Å². The van der Waals surface area contributed by atoms with E-state index in [-0.39, 0.29) is 11.9 Å². The Bertz CT molecular complexity index is 990. The summed E-state index contributed by atoms with van der Waals surface area (Å²) in [6.45, 7) is 2.58. The summed E-state index contributed by atoms with van der Waals surface area (Å²) in [5.74, 6) is -0.0212. The van der Waals surface area contributed by atoms with Gasteiger partial charge in [0.25, 0.3) is 5.91 Å². The van der Waals surface area contributed by atoms with Crippen LogP contribution in [0.5, 0.6) is 0 Å². The van der Waals surface area contributed by atoms with E-state index in [9.17, 15) is 4.79 Å². The van der Waals surface area contributed by atoms with E-state index in [1.54, 1.807) is 0 Å². The number of anilines is 2. The Morgan fingerprint density at radius 1 is 1.10 bits per heavy atom. The molecule has 0 atom stereocenters. The molecule has 0 spiro atoms. The van der Waals surface area contributed by atoms with Crippen LogP contribution in [0, 0.1) is 0 Å². The van der Waals surface area contributed by atoms with Crippen molar-refractivity contribution in [2.75, 3.05) is 30.3 Å². The van der Waals surface area contributed by atoms with Crippen LogP contribution in [-0.2, 0) is 6.42 Å². The Morgan fingerprint density at radius 2 is 1.90 bits per heavy atom. The first-order valence-electron chi connectivity index (χ1n) is 10.0. The molecular formula is C23H25N5O. The maximum atomic E-state index is 12.8. The minimum Gasteiger partial charge on any atom is -0.371 e. The summed E-state index contributed by atoms with van der Waals surface area (Å²) in [5, 5.41) is 3.01. The number of rotatable bonds is 6. The van der Waals surface area contributed by atoms with Crippen molar-refractivity contribution in [3.05, 3.63) is 71.9 Å². The van der Waals surface area contributed by atoms with Gasteiger partial charge in [-0.25, -0.2) is 9.97 Å². The van der Waals surface area contributed by atoms with Gasteiger partial charge < -0.3 is 16.0 Å². The maximum absolute atomic E-state index is 12.8. The number of hydrogen-bond acceptors (Lipinski definition) is 5. The van der Waals surface area contributed by atoms with Gasteiger partial charge in [-0.3, -0.25) is 4.79 Å². The number of amides is 1. The first kappa shape index (κ1) is 18.9. The summed E-state index contributed by atoms with van der Waals surface area (Å²) < 4.78 is 0. The van der Waals surface area contributed by atoms with E-state index in [4.69, 9.17) is 5.73 Å². The summed E-state index contributed by atoms with van der Waals surface area (Å²) >= 11 is 0. The predicted octanol–water partition coefficient (Wildman–Crippen LogP) is 3.30. The zero-order chi connectivity index (χ0) is 20.1. The van der Waals surface area contributed by atoms with Gasteiger partial charge in [-0.05, 0) is 30.9 Å². The number of carbonyl (C=O) groups is 1. The van der Waals surface area contributed by atoms with Crippen molar-refractivity contribution < 1.29 is 4.79 Å². The van der Waals surface area contributed by atoms with Crippen molar-refractivity contribution in [3.63, 3.8) is 0 Å². The van der Waals surface area contributed by atoms with Gasteiger partial charge >= 0.3 is 0 Å². The van der Waals surface area contributed by atoms with E-state index in [2.05, 4.69) is 44.5 Å². The van der Waals surface area contributed by atoms with Gasteiger partial charge in [-0.1, -0.05) is 48.5 Å². The number of aryl methyl sites for hydroxylation is 1. The van der Waals surface area contributed by atoms with Crippen molar-refractivity contribution in [2.45, 2.75) is 19.3 Å². The Morgan fingerprint density at radius 3 is 2.76 bits per heavy atom. The molecular weight excluding hydrogens is 362 g/mol. The van der Waals surface area contributed by atoms with Crippen molar-refractivity contribution in [1.82, 2.24) is 15.3 Å². The number of nitrogens with one attached hydrogen (secondary N) is 1. The Kier molecular flexibility index (Phi) is 5.70. The Hall–Kier alpha value is -3.41. The molecule has 0 radical (unpaired) electrons. The second kappa shape index (κ2) is 8.73.